The maximum Gasteiger partial charge on any atom is 0.172 e. The first kappa shape index (κ1) is 10.3. The highest BCUT2D eigenvalue weighted by atomic mass is 16.3. The van der Waals surface area contributed by atoms with Crippen LogP contribution in [0, 0.1) is 5.92 Å². The van der Waals surface area contributed by atoms with Crippen LogP contribution in [0.4, 0.5) is 0 Å². The smallest absolute Gasteiger partial charge is 0.172 e. The predicted octanol–water partition coefficient (Wildman–Crippen LogP) is 0.424. The minimum absolute atomic E-state index is 0.406. The average Bonchev–Trinajstić information content (AvgIpc) is 2.91. The molecule has 0 bridgehead atoms. The van der Waals surface area contributed by atoms with Crippen molar-refractivity contribution in [1.29, 1.82) is 0 Å². The molecule has 0 amide bonds. The van der Waals surface area contributed by atoms with Gasteiger partial charge in [0.15, 0.2) is 6.29 Å². The van der Waals surface area contributed by atoms with Gasteiger partial charge in [-0.05, 0) is 32.1 Å². The van der Waals surface area contributed by atoms with Crippen LogP contribution in [0.25, 0.3) is 0 Å². The van der Waals surface area contributed by atoms with Crippen LogP contribution in [0.1, 0.15) is 35.9 Å². The molecule has 15 heavy (non-hydrogen) atoms. The molecule has 0 spiro atoms. The molecule has 1 unspecified atom stereocenters. The quantitative estimate of drug-likeness (QED) is 0.714. The summed E-state index contributed by atoms with van der Waals surface area (Å²) in [4.78, 5) is 10.7. The van der Waals surface area contributed by atoms with Crippen molar-refractivity contribution in [2.24, 2.45) is 5.92 Å². The average molecular weight is 209 g/mol. The largest absolute Gasteiger partial charge is 0.391 e. The normalized spacial score (nSPS) is 17.7. The number of rotatable bonds is 5. The van der Waals surface area contributed by atoms with Crippen LogP contribution >= 0.6 is 0 Å². The van der Waals surface area contributed by atoms with Gasteiger partial charge < -0.3 is 5.11 Å². The summed E-state index contributed by atoms with van der Waals surface area (Å²) in [7, 11) is 0. The third-order valence-corrected chi connectivity index (χ3v) is 2.60. The Balaban J connectivity index is 2.19. The lowest BCUT2D eigenvalue weighted by Crippen LogP contribution is -2.16. The number of hydrogen-bond acceptors (Lipinski definition) is 4. The second kappa shape index (κ2) is 4.10. The Labute approximate surface area is 88.1 Å². The van der Waals surface area contributed by atoms with Crippen LogP contribution in [0.5, 0.6) is 0 Å². The van der Waals surface area contributed by atoms with E-state index in [-0.39, 0.29) is 0 Å². The molecule has 1 atom stereocenters. The second-order valence-corrected chi connectivity index (χ2v) is 4.22. The molecule has 2 rings (SSSR count). The first-order valence-electron chi connectivity index (χ1n) is 5.26. The van der Waals surface area contributed by atoms with E-state index < -0.39 is 6.10 Å². The van der Waals surface area contributed by atoms with Crippen molar-refractivity contribution in [3.8, 4) is 0 Å². The van der Waals surface area contributed by atoms with E-state index in [1.165, 1.54) is 12.8 Å². The molecule has 0 aliphatic heterocycles. The molecule has 1 N–H and O–H groups in total. The lowest BCUT2D eigenvalue weighted by Gasteiger charge is -2.07. The lowest BCUT2D eigenvalue weighted by atomic mass is 10.2. The van der Waals surface area contributed by atoms with E-state index >= 15 is 0 Å². The highest BCUT2D eigenvalue weighted by Gasteiger charge is 2.25. The molecular formula is C10H15N3O2. The number of aliphatic hydroxyl groups is 1. The number of carbonyl (C=O) groups excluding carboxylic acids is 1. The van der Waals surface area contributed by atoms with Gasteiger partial charge in [0.2, 0.25) is 0 Å². The fourth-order valence-corrected chi connectivity index (χ4v) is 1.64. The summed E-state index contributed by atoms with van der Waals surface area (Å²) in [6.45, 7) is 2.10. The molecule has 0 aromatic carbocycles. The van der Waals surface area contributed by atoms with Crippen molar-refractivity contribution in [2.75, 3.05) is 0 Å². The minimum atomic E-state index is -0.468. The molecule has 1 aliphatic rings. The third-order valence-electron chi connectivity index (χ3n) is 2.60. The first-order chi connectivity index (χ1) is 7.20. The predicted molar refractivity (Wildman–Crippen MR) is 53.5 cm³/mol. The Morgan fingerprint density at radius 2 is 2.40 bits per heavy atom. The van der Waals surface area contributed by atoms with Crippen LogP contribution in [0.15, 0.2) is 0 Å². The molecule has 1 saturated carbocycles. The number of hydrogen-bond donors (Lipinski definition) is 1. The van der Waals surface area contributed by atoms with Gasteiger partial charge in [-0.1, -0.05) is 5.21 Å². The molecule has 1 heterocycles. The Morgan fingerprint density at radius 1 is 1.67 bits per heavy atom. The van der Waals surface area contributed by atoms with Gasteiger partial charge in [-0.15, -0.1) is 5.10 Å². The van der Waals surface area contributed by atoms with E-state index in [1.807, 2.05) is 0 Å². The molecule has 1 fully saturated rings. The highest BCUT2D eigenvalue weighted by Crippen LogP contribution is 2.32. The van der Waals surface area contributed by atoms with Crippen LogP contribution in [0.3, 0.4) is 0 Å². The van der Waals surface area contributed by atoms with Crippen molar-refractivity contribution in [2.45, 2.75) is 38.8 Å². The van der Waals surface area contributed by atoms with Gasteiger partial charge in [-0.2, -0.15) is 0 Å². The molecule has 0 saturated heterocycles. The van der Waals surface area contributed by atoms with Gasteiger partial charge in [0.1, 0.15) is 5.69 Å². The van der Waals surface area contributed by atoms with Crippen molar-refractivity contribution in [3.63, 3.8) is 0 Å². The molecular weight excluding hydrogens is 194 g/mol. The van der Waals surface area contributed by atoms with Gasteiger partial charge in [0, 0.05) is 0 Å². The minimum Gasteiger partial charge on any atom is -0.391 e. The molecule has 82 valence electrons. The van der Waals surface area contributed by atoms with Crippen LogP contribution in [0.2, 0.25) is 0 Å². The van der Waals surface area contributed by atoms with Crippen molar-refractivity contribution < 1.29 is 9.90 Å². The topological polar surface area (TPSA) is 68.0 Å². The van der Waals surface area contributed by atoms with Crippen LogP contribution in [-0.4, -0.2) is 32.5 Å². The van der Waals surface area contributed by atoms with E-state index in [4.69, 9.17) is 0 Å². The van der Waals surface area contributed by atoms with Crippen LogP contribution in [-0.2, 0) is 13.0 Å². The van der Waals surface area contributed by atoms with Gasteiger partial charge in [-0.25, -0.2) is 4.68 Å². The summed E-state index contributed by atoms with van der Waals surface area (Å²) in [6.07, 6.45) is 3.57. The van der Waals surface area contributed by atoms with Crippen molar-refractivity contribution >= 4 is 6.29 Å². The monoisotopic (exact) mass is 209 g/mol. The van der Waals surface area contributed by atoms with E-state index in [2.05, 4.69) is 10.3 Å². The summed E-state index contributed by atoms with van der Waals surface area (Å²) in [6, 6.07) is 0. The number of aromatic nitrogens is 3. The van der Waals surface area contributed by atoms with Crippen molar-refractivity contribution in [1.82, 2.24) is 15.0 Å². The molecule has 1 aromatic rings. The summed E-state index contributed by atoms with van der Waals surface area (Å²) in [5.41, 5.74) is 1.29. The summed E-state index contributed by atoms with van der Waals surface area (Å²) >= 11 is 0. The highest BCUT2D eigenvalue weighted by molar-refractivity contribution is 5.73. The van der Waals surface area contributed by atoms with Gasteiger partial charge in [0.05, 0.1) is 18.3 Å². The maximum absolute atomic E-state index is 10.7. The second-order valence-electron chi connectivity index (χ2n) is 4.22. The van der Waals surface area contributed by atoms with E-state index in [0.29, 0.717) is 18.2 Å². The molecule has 0 radical (unpaired) electrons. The Morgan fingerprint density at radius 3 is 2.93 bits per heavy atom. The SMILES string of the molecule is CC(O)Cn1nnc(C=O)c1CC1CC1. The number of aldehydes is 1. The molecule has 5 nitrogen and oxygen atoms in total. The van der Waals surface area contributed by atoms with E-state index in [9.17, 15) is 9.90 Å². The summed E-state index contributed by atoms with van der Waals surface area (Å²) < 4.78 is 1.65. The fourth-order valence-electron chi connectivity index (χ4n) is 1.64. The lowest BCUT2D eigenvalue weighted by molar-refractivity contribution is 0.111. The summed E-state index contributed by atoms with van der Waals surface area (Å²) in [5.74, 6) is 0.676. The molecule has 1 aliphatic carbocycles. The zero-order valence-corrected chi connectivity index (χ0v) is 8.76. The number of aliphatic hydroxyl groups excluding tert-OH is 1. The fraction of sp³-hybridized carbons (Fsp3) is 0.700. The van der Waals surface area contributed by atoms with Gasteiger partial charge in [-0.3, -0.25) is 4.79 Å². The van der Waals surface area contributed by atoms with Crippen molar-refractivity contribution in [3.05, 3.63) is 11.4 Å². The van der Waals surface area contributed by atoms with Crippen LogP contribution < -0.4 is 0 Å². The Bertz CT molecular complexity index is 356. The van der Waals surface area contributed by atoms with Gasteiger partial charge >= 0.3 is 0 Å². The summed E-state index contributed by atoms with van der Waals surface area (Å²) in [5, 5.41) is 17.0. The standard InChI is InChI=1S/C10H15N3O2/c1-7(15)5-13-10(4-8-2-3-8)9(6-14)11-12-13/h6-8,15H,2-5H2,1H3. The number of nitrogens with zero attached hydrogens (tertiary/aromatic N) is 3. The van der Waals surface area contributed by atoms with Gasteiger partial charge in [0.25, 0.3) is 0 Å². The van der Waals surface area contributed by atoms with E-state index in [0.717, 1.165) is 18.4 Å². The third kappa shape index (κ3) is 2.41. The Kier molecular flexibility index (Phi) is 2.81. The maximum atomic E-state index is 10.7. The first-order valence-corrected chi connectivity index (χ1v) is 5.26. The number of carbonyl (C=O) groups is 1. The Hall–Kier alpha value is -1.23. The molecule has 1 aromatic heterocycles. The zero-order valence-electron chi connectivity index (χ0n) is 8.76. The van der Waals surface area contributed by atoms with E-state index in [1.54, 1.807) is 11.6 Å². The molecule has 5 heteroatoms. The zero-order chi connectivity index (χ0) is 10.8.